The molecule has 0 saturated carbocycles. The maximum Gasteiger partial charge on any atom is 0.409 e. The van der Waals surface area contributed by atoms with Crippen LogP contribution < -0.4 is 5.32 Å². The number of carbonyl (C=O) groups excluding carboxylic acids is 3. The van der Waals surface area contributed by atoms with Crippen molar-refractivity contribution in [1.29, 1.82) is 0 Å². The maximum absolute atomic E-state index is 13.2. The van der Waals surface area contributed by atoms with Gasteiger partial charge < -0.3 is 25.0 Å². The minimum atomic E-state index is -1.07. The number of piperazine rings is 1. The van der Waals surface area contributed by atoms with Crippen LogP contribution in [0.15, 0.2) is 34.1 Å². The van der Waals surface area contributed by atoms with Crippen LogP contribution in [0.3, 0.4) is 0 Å². The van der Waals surface area contributed by atoms with E-state index in [9.17, 15) is 19.2 Å². The highest BCUT2D eigenvalue weighted by Crippen LogP contribution is 2.32. The molecule has 2 aromatic rings. The SMILES string of the molecule is CCCCOC(=O)N1CCN(C(=O)[C@H](CCC(=O)O)NC(=O)c2nc(-c3ccccc3)sc2Br)CC1. The Kier molecular flexibility index (Phi) is 10.2. The summed E-state index contributed by atoms with van der Waals surface area (Å²) in [4.78, 5) is 57.1. The van der Waals surface area contributed by atoms with Crippen molar-refractivity contribution in [2.45, 2.75) is 38.6 Å². The van der Waals surface area contributed by atoms with Gasteiger partial charge in [0.05, 0.1) is 6.61 Å². The second-order valence-corrected chi connectivity index (χ2v) is 10.6. The number of thiazole rings is 1. The number of hydrogen-bond acceptors (Lipinski definition) is 7. The normalized spacial score (nSPS) is 14.3. The van der Waals surface area contributed by atoms with E-state index in [1.165, 1.54) is 16.2 Å². The van der Waals surface area contributed by atoms with E-state index in [4.69, 9.17) is 9.84 Å². The zero-order valence-corrected chi connectivity index (χ0v) is 22.3. The zero-order valence-electron chi connectivity index (χ0n) is 19.9. The molecule has 0 radical (unpaired) electrons. The first-order valence-corrected chi connectivity index (χ1v) is 13.4. The van der Waals surface area contributed by atoms with Gasteiger partial charge in [-0.3, -0.25) is 14.4 Å². The average molecular weight is 581 g/mol. The monoisotopic (exact) mass is 580 g/mol. The molecule has 194 valence electrons. The molecule has 1 atom stereocenters. The van der Waals surface area contributed by atoms with Gasteiger partial charge in [0.2, 0.25) is 5.91 Å². The van der Waals surface area contributed by atoms with Crippen molar-refractivity contribution < 1.29 is 29.0 Å². The molecule has 2 heterocycles. The summed E-state index contributed by atoms with van der Waals surface area (Å²) in [6.07, 6.45) is 0.954. The minimum Gasteiger partial charge on any atom is -0.481 e. The highest BCUT2D eigenvalue weighted by molar-refractivity contribution is 9.11. The fourth-order valence-corrected chi connectivity index (χ4v) is 5.15. The second kappa shape index (κ2) is 13.4. The molecule has 10 nitrogen and oxygen atoms in total. The van der Waals surface area contributed by atoms with Gasteiger partial charge in [0.1, 0.15) is 14.8 Å². The molecule has 12 heteroatoms. The van der Waals surface area contributed by atoms with Crippen LogP contribution in [0, 0.1) is 0 Å². The van der Waals surface area contributed by atoms with Crippen molar-refractivity contribution >= 4 is 51.1 Å². The predicted molar refractivity (Wildman–Crippen MR) is 138 cm³/mol. The summed E-state index contributed by atoms with van der Waals surface area (Å²) in [5.41, 5.74) is 0.985. The smallest absolute Gasteiger partial charge is 0.409 e. The molecule has 1 aromatic carbocycles. The van der Waals surface area contributed by atoms with Gasteiger partial charge in [-0.2, -0.15) is 0 Å². The summed E-state index contributed by atoms with van der Waals surface area (Å²) in [6, 6.07) is 8.35. The zero-order chi connectivity index (χ0) is 26.1. The lowest BCUT2D eigenvalue weighted by Gasteiger charge is -2.36. The van der Waals surface area contributed by atoms with E-state index in [1.54, 1.807) is 4.90 Å². The molecule has 36 heavy (non-hydrogen) atoms. The van der Waals surface area contributed by atoms with Crippen LogP contribution in [0.2, 0.25) is 0 Å². The van der Waals surface area contributed by atoms with E-state index < -0.39 is 29.9 Å². The number of nitrogens with one attached hydrogen (secondary N) is 1. The first-order chi connectivity index (χ1) is 17.3. The first kappa shape index (κ1) is 27.6. The van der Waals surface area contributed by atoms with Crippen LogP contribution in [-0.4, -0.2) is 82.6 Å². The average Bonchev–Trinajstić information content (AvgIpc) is 3.28. The fourth-order valence-electron chi connectivity index (χ4n) is 3.62. The van der Waals surface area contributed by atoms with Gasteiger partial charge in [-0.05, 0) is 28.8 Å². The molecule has 0 spiro atoms. The number of nitrogens with zero attached hydrogens (tertiary/aromatic N) is 3. The summed E-state index contributed by atoms with van der Waals surface area (Å²) in [5.74, 6) is -2.02. The Morgan fingerprint density at radius 1 is 1.14 bits per heavy atom. The fraction of sp³-hybridized carbons (Fsp3) is 0.458. The van der Waals surface area contributed by atoms with Crippen LogP contribution in [0.1, 0.15) is 43.1 Å². The summed E-state index contributed by atoms with van der Waals surface area (Å²) < 4.78 is 5.74. The molecule has 1 fully saturated rings. The quantitative estimate of drug-likeness (QED) is 0.410. The lowest BCUT2D eigenvalue weighted by Crippen LogP contribution is -2.56. The van der Waals surface area contributed by atoms with Gasteiger partial charge >= 0.3 is 12.1 Å². The van der Waals surface area contributed by atoms with E-state index in [-0.39, 0.29) is 31.6 Å². The Hall–Kier alpha value is -2.99. The van der Waals surface area contributed by atoms with Crippen molar-refractivity contribution in [3.8, 4) is 10.6 Å². The molecule has 0 aliphatic carbocycles. The van der Waals surface area contributed by atoms with E-state index in [2.05, 4.69) is 26.2 Å². The molecule has 1 saturated heterocycles. The standard InChI is InChI=1S/C24H29BrN4O6S/c1-2-3-15-35-24(34)29-13-11-28(12-14-29)23(33)17(9-10-18(30)31)26-21(32)19-20(25)36-22(27-19)16-7-5-4-6-8-16/h4-8,17H,2-3,9-15H2,1H3,(H,26,32)(H,30,31)/t17-/m0/s1. The second-order valence-electron chi connectivity index (χ2n) is 8.25. The third-order valence-electron chi connectivity index (χ3n) is 5.64. The minimum absolute atomic E-state index is 0.0630. The molecular formula is C24H29BrN4O6S. The van der Waals surface area contributed by atoms with Crippen LogP contribution in [0.25, 0.3) is 10.6 Å². The van der Waals surface area contributed by atoms with E-state index in [1.807, 2.05) is 37.3 Å². The molecule has 1 aliphatic rings. The van der Waals surface area contributed by atoms with Gasteiger partial charge in [0.25, 0.3) is 5.91 Å². The molecule has 1 aliphatic heterocycles. The Morgan fingerprint density at radius 2 is 1.81 bits per heavy atom. The number of amides is 3. The first-order valence-electron chi connectivity index (χ1n) is 11.7. The van der Waals surface area contributed by atoms with E-state index in [0.717, 1.165) is 18.4 Å². The van der Waals surface area contributed by atoms with Crippen LogP contribution in [0.4, 0.5) is 4.79 Å². The molecule has 3 amide bonds. The number of aliphatic carboxylic acids is 1. The summed E-state index contributed by atoms with van der Waals surface area (Å²) >= 11 is 4.67. The maximum atomic E-state index is 13.2. The molecule has 3 rings (SSSR count). The number of ether oxygens (including phenoxy) is 1. The Balaban J connectivity index is 1.65. The number of hydrogen-bond donors (Lipinski definition) is 2. The van der Waals surface area contributed by atoms with E-state index in [0.29, 0.717) is 28.5 Å². The van der Waals surface area contributed by atoms with Crippen LogP contribution in [0.5, 0.6) is 0 Å². The third kappa shape index (κ3) is 7.50. The van der Waals surface area contributed by atoms with Gasteiger partial charge in [-0.25, -0.2) is 9.78 Å². The van der Waals surface area contributed by atoms with Crippen molar-refractivity contribution in [3.63, 3.8) is 0 Å². The number of aromatic nitrogens is 1. The summed E-state index contributed by atoms with van der Waals surface area (Å²) in [7, 11) is 0. The van der Waals surface area contributed by atoms with Crippen molar-refractivity contribution in [2.24, 2.45) is 0 Å². The molecule has 0 bridgehead atoms. The van der Waals surface area contributed by atoms with Crippen molar-refractivity contribution in [2.75, 3.05) is 32.8 Å². The highest BCUT2D eigenvalue weighted by atomic mass is 79.9. The Morgan fingerprint density at radius 3 is 2.44 bits per heavy atom. The third-order valence-corrected chi connectivity index (χ3v) is 7.40. The van der Waals surface area contributed by atoms with Gasteiger partial charge in [0.15, 0.2) is 5.69 Å². The van der Waals surface area contributed by atoms with Gasteiger partial charge in [0, 0.05) is 38.2 Å². The number of halogens is 1. The van der Waals surface area contributed by atoms with Gasteiger partial charge in [-0.1, -0.05) is 43.7 Å². The number of rotatable bonds is 10. The molecule has 1 aromatic heterocycles. The Bertz CT molecular complexity index is 1070. The molecule has 0 unspecified atom stereocenters. The number of benzene rings is 1. The number of carboxylic acid groups (broad SMARTS) is 1. The van der Waals surface area contributed by atoms with Crippen LogP contribution >= 0.6 is 27.3 Å². The largest absolute Gasteiger partial charge is 0.481 e. The molecular weight excluding hydrogens is 552 g/mol. The number of unbranched alkanes of at least 4 members (excludes halogenated alkanes) is 1. The summed E-state index contributed by atoms with van der Waals surface area (Å²) in [5, 5.41) is 12.5. The highest BCUT2D eigenvalue weighted by Gasteiger charge is 2.32. The predicted octanol–water partition coefficient (Wildman–Crippen LogP) is 3.62. The topological polar surface area (TPSA) is 129 Å². The molecule has 2 N–H and O–H groups in total. The number of carboxylic acids is 1. The van der Waals surface area contributed by atoms with Crippen LogP contribution in [-0.2, 0) is 14.3 Å². The van der Waals surface area contributed by atoms with Gasteiger partial charge in [-0.15, -0.1) is 11.3 Å². The summed E-state index contributed by atoms with van der Waals surface area (Å²) in [6.45, 7) is 3.49. The lowest BCUT2D eigenvalue weighted by molar-refractivity contribution is -0.138. The number of carbonyl (C=O) groups is 4. The van der Waals surface area contributed by atoms with Crippen molar-refractivity contribution in [1.82, 2.24) is 20.1 Å². The van der Waals surface area contributed by atoms with E-state index >= 15 is 0 Å². The van der Waals surface area contributed by atoms with Crippen molar-refractivity contribution in [3.05, 3.63) is 39.8 Å². The lowest BCUT2D eigenvalue weighted by atomic mass is 10.1. The Labute approximate surface area is 221 Å².